The van der Waals surface area contributed by atoms with Gasteiger partial charge in [-0.2, -0.15) is 0 Å². The summed E-state index contributed by atoms with van der Waals surface area (Å²) in [5, 5.41) is 4.04. The van der Waals surface area contributed by atoms with Crippen LogP contribution in [0.4, 0.5) is 0 Å². The number of nitrogens with one attached hydrogen (secondary N) is 1. The third-order valence-corrected chi connectivity index (χ3v) is 5.07. The molecule has 9 heteroatoms. The van der Waals surface area contributed by atoms with Crippen LogP contribution in [0.15, 0.2) is 17.3 Å². The maximum Gasteiger partial charge on any atom is 0.193 e. The highest BCUT2D eigenvalue weighted by atomic mass is 127. The zero-order valence-corrected chi connectivity index (χ0v) is 19.7. The van der Waals surface area contributed by atoms with Crippen molar-refractivity contribution in [1.82, 2.24) is 14.8 Å². The Balaban J connectivity index is 0.00000576. The molecule has 1 aromatic heterocycles. The number of aryl methyl sites for hydroxylation is 1. The Morgan fingerprint density at radius 2 is 2.04 bits per heavy atom. The summed E-state index contributed by atoms with van der Waals surface area (Å²) in [7, 11) is 2.71. The van der Waals surface area contributed by atoms with E-state index in [9.17, 15) is 8.42 Å². The second-order valence-corrected chi connectivity index (χ2v) is 9.76. The van der Waals surface area contributed by atoms with Gasteiger partial charge in [0.2, 0.25) is 0 Å². The van der Waals surface area contributed by atoms with Gasteiger partial charge in [-0.15, -0.1) is 24.0 Å². The highest BCUT2D eigenvalue weighted by Crippen LogP contribution is 2.20. The second kappa shape index (κ2) is 10.0. The fourth-order valence-electron chi connectivity index (χ4n) is 2.29. The molecule has 1 N–H and O–H groups in total. The number of halogens is 2. The highest BCUT2D eigenvalue weighted by molar-refractivity contribution is 14.0. The number of hydrogen-bond donors (Lipinski definition) is 1. The average molecular weight is 505 g/mol. The zero-order valence-electron chi connectivity index (χ0n) is 15.8. The van der Waals surface area contributed by atoms with Crippen molar-refractivity contribution < 1.29 is 8.42 Å². The van der Waals surface area contributed by atoms with Gasteiger partial charge < -0.3 is 14.8 Å². The molecule has 6 nitrogen and oxygen atoms in total. The van der Waals surface area contributed by atoms with Crippen molar-refractivity contribution in [3.05, 3.63) is 23.0 Å². The standard InChI is InChI=1S/C16H29ClN4O2S.HI/c1-16(2,7-8-24(6,22)23)12-19-15(18-3)21(5)11-14-9-13(17)10-20(14)4;/h9-10H,7-8,11-12H2,1-6H3,(H,18,19);1H. The lowest BCUT2D eigenvalue weighted by Crippen LogP contribution is -2.43. The van der Waals surface area contributed by atoms with Crippen LogP contribution in [0.1, 0.15) is 26.0 Å². The predicted octanol–water partition coefficient (Wildman–Crippen LogP) is 2.76. The van der Waals surface area contributed by atoms with Crippen molar-refractivity contribution in [1.29, 1.82) is 0 Å². The molecule has 0 aliphatic rings. The molecule has 146 valence electrons. The van der Waals surface area contributed by atoms with Gasteiger partial charge in [0, 0.05) is 45.8 Å². The van der Waals surface area contributed by atoms with Crippen LogP contribution in [0.3, 0.4) is 0 Å². The fourth-order valence-corrected chi connectivity index (χ4v) is 3.49. The van der Waals surface area contributed by atoms with Crippen molar-refractivity contribution in [2.75, 3.05) is 32.6 Å². The number of hydrogen-bond acceptors (Lipinski definition) is 3. The average Bonchev–Trinajstić information content (AvgIpc) is 2.74. The number of aromatic nitrogens is 1. The first-order chi connectivity index (χ1) is 10.9. The maximum atomic E-state index is 11.4. The van der Waals surface area contributed by atoms with Gasteiger partial charge in [-0.3, -0.25) is 4.99 Å². The Morgan fingerprint density at radius 1 is 1.44 bits per heavy atom. The molecule has 0 saturated heterocycles. The molecule has 0 fully saturated rings. The number of rotatable bonds is 7. The normalized spacial score (nSPS) is 12.7. The predicted molar refractivity (Wildman–Crippen MR) is 117 cm³/mol. The Morgan fingerprint density at radius 3 is 2.48 bits per heavy atom. The summed E-state index contributed by atoms with van der Waals surface area (Å²) in [6, 6.07) is 1.93. The van der Waals surface area contributed by atoms with Gasteiger partial charge in [-0.1, -0.05) is 25.4 Å². The Hall–Kier alpha value is -0.480. The second-order valence-electron chi connectivity index (χ2n) is 7.06. The molecule has 1 aromatic rings. The summed E-state index contributed by atoms with van der Waals surface area (Å²) in [5.41, 5.74) is 0.940. The quantitative estimate of drug-likeness (QED) is 0.352. The third-order valence-electron chi connectivity index (χ3n) is 3.92. The van der Waals surface area contributed by atoms with Crippen LogP contribution in [-0.4, -0.2) is 56.5 Å². The van der Waals surface area contributed by atoms with E-state index in [1.165, 1.54) is 6.26 Å². The molecular formula is C16H30ClIN4O2S. The summed E-state index contributed by atoms with van der Waals surface area (Å²) >= 11 is 6.02. The van der Waals surface area contributed by atoms with Crippen LogP contribution in [0, 0.1) is 5.41 Å². The fraction of sp³-hybridized carbons (Fsp3) is 0.688. The summed E-state index contributed by atoms with van der Waals surface area (Å²) in [5.74, 6) is 0.956. The lowest BCUT2D eigenvalue weighted by atomic mass is 9.90. The Labute approximate surface area is 174 Å². The van der Waals surface area contributed by atoms with Crippen LogP contribution in [0.5, 0.6) is 0 Å². The van der Waals surface area contributed by atoms with Gasteiger partial charge in [-0.25, -0.2) is 8.42 Å². The van der Waals surface area contributed by atoms with E-state index >= 15 is 0 Å². The van der Waals surface area contributed by atoms with Crippen LogP contribution >= 0.6 is 35.6 Å². The first-order valence-electron chi connectivity index (χ1n) is 7.84. The molecule has 0 aromatic carbocycles. The minimum absolute atomic E-state index is 0. The molecule has 0 bridgehead atoms. The highest BCUT2D eigenvalue weighted by Gasteiger charge is 2.21. The first-order valence-corrected chi connectivity index (χ1v) is 10.3. The lowest BCUT2D eigenvalue weighted by molar-refractivity contribution is 0.339. The van der Waals surface area contributed by atoms with Gasteiger partial charge in [-0.05, 0) is 17.9 Å². The monoisotopic (exact) mass is 504 g/mol. The van der Waals surface area contributed by atoms with E-state index in [1.807, 2.05) is 35.8 Å². The van der Waals surface area contributed by atoms with Crippen molar-refractivity contribution in [3.8, 4) is 0 Å². The van der Waals surface area contributed by atoms with Crippen LogP contribution in [0.25, 0.3) is 0 Å². The number of aliphatic imine (C=N–C) groups is 1. The van der Waals surface area contributed by atoms with E-state index in [0.29, 0.717) is 24.5 Å². The van der Waals surface area contributed by atoms with E-state index in [1.54, 1.807) is 7.05 Å². The Bertz CT molecular complexity index is 686. The molecule has 0 spiro atoms. The molecule has 1 heterocycles. The lowest BCUT2D eigenvalue weighted by Gasteiger charge is -2.28. The summed E-state index contributed by atoms with van der Waals surface area (Å²) in [6.45, 7) is 5.42. The minimum atomic E-state index is -2.94. The van der Waals surface area contributed by atoms with Gasteiger partial charge in [0.15, 0.2) is 5.96 Å². The van der Waals surface area contributed by atoms with Gasteiger partial charge >= 0.3 is 0 Å². The van der Waals surface area contributed by atoms with Gasteiger partial charge in [0.05, 0.1) is 17.3 Å². The minimum Gasteiger partial charge on any atom is -0.356 e. The largest absolute Gasteiger partial charge is 0.356 e. The molecule has 0 unspecified atom stereocenters. The molecule has 0 saturated carbocycles. The topological polar surface area (TPSA) is 66.7 Å². The smallest absolute Gasteiger partial charge is 0.193 e. The van der Waals surface area contributed by atoms with E-state index in [0.717, 1.165) is 11.7 Å². The zero-order chi connectivity index (χ0) is 18.5. The van der Waals surface area contributed by atoms with Crippen molar-refractivity contribution in [3.63, 3.8) is 0 Å². The van der Waals surface area contributed by atoms with E-state index < -0.39 is 9.84 Å². The molecule has 0 radical (unpaired) electrons. The van der Waals surface area contributed by atoms with E-state index in [-0.39, 0.29) is 35.1 Å². The molecule has 1 rings (SSSR count). The van der Waals surface area contributed by atoms with Crippen molar-refractivity contribution in [2.45, 2.75) is 26.8 Å². The Kier molecular flexibility index (Phi) is 9.82. The summed E-state index contributed by atoms with van der Waals surface area (Å²) < 4.78 is 24.7. The number of guanidine groups is 1. The molecular weight excluding hydrogens is 475 g/mol. The van der Waals surface area contributed by atoms with E-state index in [4.69, 9.17) is 11.6 Å². The first kappa shape index (κ1) is 24.5. The van der Waals surface area contributed by atoms with Crippen LogP contribution in [0.2, 0.25) is 5.02 Å². The molecule has 0 aliphatic carbocycles. The summed E-state index contributed by atoms with van der Waals surface area (Å²) in [6.07, 6.45) is 3.75. The molecule has 0 atom stereocenters. The number of sulfone groups is 1. The third kappa shape index (κ3) is 9.14. The summed E-state index contributed by atoms with van der Waals surface area (Å²) in [4.78, 5) is 6.32. The van der Waals surface area contributed by atoms with Gasteiger partial charge in [0.1, 0.15) is 9.84 Å². The van der Waals surface area contributed by atoms with Gasteiger partial charge in [0.25, 0.3) is 0 Å². The van der Waals surface area contributed by atoms with Crippen LogP contribution < -0.4 is 5.32 Å². The SMILES string of the molecule is CN=C(NCC(C)(C)CCS(C)(=O)=O)N(C)Cc1cc(Cl)cn1C.I. The van der Waals surface area contributed by atoms with Crippen molar-refractivity contribution in [2.24, 2.45) is 17.5 Å². The van der Waals surface area contributed by atoms with Crippen molar-refractivity contribution >= 4 is 51.4 Å². The molecule has 0 amide bonds. The van der Waals surface area contributed by atoms with E-state index in [2.05, 4.69) is 24.2 Å². The molecule has 0 aliphatic heterocycles. The molecule has 25 heavy (non-hydrogen) atoms. The van der Waals surface area contributed by atoms with Crippen LogP contribution in [-0.2, 0) is 23.4 Å². The number of nitrogens with zero attached hydrogens (tertiary/aromatic N) is 3. The maximum absolute atomic E-state index is 11.4.